The molecule has 10 aliphatic rings. The van der Waals surface area contributed by atoms with E-state index < -0.39 is 46.7 Å². The molecule has 0 saturated carbocycles. The second-order valence-corrected chi connectivity index (χ2v) is 15.9. The number of cyclic esters (lactones) is 2. The summed E-state index contributed by atoms with van der Waals surface area (Å²) >= 11 is 0. The molecule has 2 spiro atoms. The number of carbonyl (C=O) groups is 4. The second-order valence-electron chi connectivity index (χ2n) is 15.9. The van der Waals surface area contributed by atoms with Gasteiger partial charge in [-0.25, -0.2) is 19.2 Å². The van der Waals surface area contributed by atoms with Crippen LogP contribution >= 0.6 is 0 Å². The lowest BCUT2D eigenvalue weighted by Crippen LogP contribution is -2.67. The zero-order valence-electron chi connectivity index (χ0n) is 27.6. The molecule has 4 bridgehead atoms. The summed E-state index contributed by atoms with van der Waals surface area (Å²) in [5.74, 6) is -0.731. The summed E-state index contributed by atoms with van der Waals surface area (Å²) in [5, 5.41) is 2.43. The number of nitrogens with zero attached hydrogens (tertiary/aromatic N) is 2. The second kappa shape index (κ2) is 9.68. The molecule has 4 saturated heterocycles. The summed E-state index contributed by atoms with van der Waals surface area (Å²) in [6.45, 7) is 17.0. The summed E-state index contributed by atoms with van der Waals surface area (Å²) in [6.07, 6.45) is 0.0320. The smallest absolute Gasteiger partial charge is 0.435 e. The molecular weight excluding hydrogens is 604 g/mol. The largest absolute Gasteiger partial charge is 0.458 e. The fourth-order valence-corrected chi connectivity index (χ4v) is 8.19. The molecule has 0 aromatic rings. The van der Waals surface area contributed by atoms with Crippen LogP contribution in [0.5, 0.6) is 0 Å². The highest BCUT2D eigenvalue weighted by molar-refractivity contribution is 5.96. The molecular formula is C32H42N2O12. The highest BCUT2D eigenvalue weighted by atomic mass is 16.8. The lowest BCUT2D eigenvalue weighted by Gasteiger charge is -2.56. The van der Waals surface area contributed by atoms with Gasteiger partial charge in [-0.2, -0.15) is 10.1 Å². The van der Waals surface area contributed by atoms with Gasteiger partial charge < -0.3 is 28.4 Å². The van der Waals surface area contributed by atoms with E-state index >= 15 is 0 Å². The van der Waals surface area contributed by atoms with Crippen molar-refractivity contribution in [3.05, 3.63) is 22.3 Å². The zero-order chi connectivity index (χ0) is 33.2. The van der Waals surface area contributed by atoms with Gasteiger partial charge in [-0.3, -0.25) is 9.68 Å². The average Bonchev–Trinajstić information content (AvgIpc) is 3.69. The van der Waals surface area contributed by atoms with Gasteiger partial charge in [-0.15, -0.1) is 0 Å². The van der Waals surface area contributed by atoms with Gasteiger partial charge in [-0.05, 0) is 54.4 Å². The molecule has 14 nitrogen and oxygen atoms in total. The first-order valence-electron chi connectivity index (χ1n) is 15.7. The van der Waals surface area contributed by atoms with Crippen molar-refractivity contribution in [1.29, 1.82) is 0 Å². The topological polar surface area (TPSA) is 149 Å². The number of hydrogen-bond acceptors (Lipinski definition) is 12. The van der Waals surface area contributed by atoms with Gasteiger partial charge in [-0.1, -0.05) is 13.8 Å². The Bertz CT molecular complexity index is 1380. The minimum atomic E-state index is -0.819. The number of amides is 2. The predicted octanol–water partition coefficient (Wildman–Crippen LogP) is 3.14. The van der Waals surface area contributed by atoms with Crippen LogP contribution in [0.3, 0.4) is 0 Å². The van der Waals surface area contributed by atoms with Crippen LogP contribution in [0.1, 0.15) is 68.2 Å². The maximum atomic E-state index is 12.6. The Balaban J connectivity index is 0.000000147. The van der Waals surface area contributed by atoms with E-state index in [9.17, 15) is 19.2 Å². The van der Waals surface area contributed by atoms with E-state index in [0.29, 0.717) is 50.4 Å². The molecule has 14 heteroatoms. The van der Waals surface area contributed by atoms with E-state index in [4.69, 9.17) is 38.1 Å². The van der Waals surface area contributed by atoms with E-state index in [1.165, 1.54) is 10.1 Å². The fourth-order valence-electron chi connectivity index (χ4n) is 8.19. The van der Waals surface area contributed by atoms with E-state index in [-0.39, 0.29) is 36.0 Å². The van der Waals surface area contributed by atoms with Gasteiger partial charge in [0.2, 0.25) is 0 Å². The third-order valence-corrected chi connectivity index (χ3v) is 10.3. The summed E-state index contributed by atoms with van der Waals surface area (Å²) in [7, 11) is 0. The minimum absolute atomic E-state index is 0.214. The van der Waals surface area contributed by atoms with Crippen molar-refractivity contribution in [3.63, 3.8) is 0 Å². The highest BCUT2D eigenvalue weighted by Gasteiger charge is 2.71. The molecule has 8 heterocycles. The van der Waals surface area contributed by atoms with Crippen molar-refractivity contribution in [2.45, 2.75) is 103 Å². The summed E-state index contributed by atoms with van der Waals surface area (Å²) < 4.78 is 32.7. The van der Waals surface area contributed by atoms with Crippen LogP contribution < -0.4 is 0 Å². The molecule has 2 amide bonds. The summed E-state index contributed by atoms with van der Waals surface area (Å²) in [6, 6.07) is -0.966. The minimum Gasteiger partial charge on any atom is -0.458 e. The van der Waals surface area contributed by atoms with Gasteiger partial charge in [0.25, 0.3) is 0 Å². The Kier molecular flexibility index (Phi) is 6.61. The Morgan fingerprint density at radius 1 is 0.674 bits per heavy atom. The van der Waals surface area contributed by atoms with Crippen molar-refractivity contribution in [1.82, 2.24) is 10.1 Å². The molecule has 0 aromatic carbocycles. The van der Waals surface area contributed by atoms with Gasteiger partial charge >= 0.3 is 24.1 Å². The van der Waals surface area contributed by atoms with Crippen LogP contribution in [0.4, 0.5) is 9.59 Å². The number of esters is 2. The summed E-state index contributed by atoms with van der Waals surface area (Å²) in [4.78, 5) is 61.7. The standard InChI is InChI=1S/2C16H21NO6/c2*1-14(2,3)22-13(19)17-10-5-15(4)7-20-8-16(15,23-17)9-6-21-12(18)11(9)10/h2*10H,5-8H2,1-4H3/t2*10-,15-,16-/m10/s1. The third-order valence-electron chi connectivity index (χ3n) is 10.3. The number of rotatable bonds is 0. The van der Waals surface area contributed by atoms with Crippen LogP contribution in [0.15, 0.2) is 22.3 Å². The molecule has 0 radical (unpaired) electrons. The van der Waals surface area contributed by atoms with E-state index in [1.807, 2.05) is 0 Å². The molecule has 0 N–H and O–H groups in total. The monoisotopic (exact) mass is 646 g/mol. The lowest BCUT2D eigenvalue weighted by molar-refractivity contribution is -0.295. The van der Waals surface area contributed by atoms with Crippen LogP contribution in [0.2, 0.25) is 0 Å². The van der Waals surface area contributed by atoms with Crippen LogP contribution in [-0.2, 0) is 47.7 Å². The molecule has 2 aliphatic carbocycles. The third kappa shape index (κ3) is 4.29. The van der Waals surface area contributed by atoms with Crippen molar-refractivity contribution in [3.8, 4) is 0 Å². The first-order valence-corrected chi connectivity index (χ1v) is 15.7. The van der Waals surface area contributed by atoms with E-state index in [0.717, 1.165) is 11.1 Å². The lowest BCUT2D eigenvalue weighted by atomic mass is 9.61. The molecule has 0 unspecified atom stereocenters. The number of hydrogen-bond donors (Lipinski definition) is 0. The quantitative estimate of drug-likeness (QED) is 0.281. The maximum Gasteiger partial charge on any atom is 0.435 e. The zero-order valence-corrected chi connectivity index (χ0v) is 27.6. The van der Waals surface area contributed by atoms with E-state index in [1.54, 1.807) is 41.5 Å². The van der Waals surface area contributed by atoms with Crippen molar-refractivity contribution >= 4 is 24.1 Å². The molecule has 8 aliphatic heterocycles. The first kappa shape index (κ1) is 31.4. The summed E-state index contributed by atoms with van der Waals surface area (Å²) in [5.41, 5.74) is -0.714. The first-order chi connectivity index (χ1) is 21.3. The van der Waals surface area contributed by atoms with Crippen LogP contribution in [0, 0.1) is 10.8 Å². The SMILES string of the molecule is CC(C)(C)OC(=O)N1O[C@@]23COC[C@@]2(C)C[C@@H]1C1=C3COC1=O.CC(C)(C)OC(=O)N1O[C@]23COC[C@]2(C)C[C@H]1C1=C3COC1=O. The van der Waals surface area contributed by atoms with Gasteiger partial charge in [0.1, 0.15) is 24.4 Å². The molecule has 252 valence electrons. The Labute approximate surface area is 267 Å². The van der Waals surface area contributed by atoms with Gasteiger partial charge in [0.15, 0.2) is 11.2 Å². The van der Waals surface area contributed by atoms with Crippen LogP contribution in [0.25, 0.3) is 0 Å². The molecule has 10 rings (SSSR count). The molecule has 6 atom stereocenters. The fraction of sp³-hybridized carbons (Fsp3) is 0.750. The molecule has 46 heavy (non-hydrogen) atoms. The normalized spacial score (nSPS) is 38.5. The number of fused-ring (bicyclic) bond motifs is 2. The number of hydroxylamine groups is 4. The average molecular weight is 647 g/mol. The maximum absolute atomic E-state index is 12.6. The van der Waals surface area contributed by atoms with Crippen molar-refractivity contribution in [2.75, 3.05) is 39.6 Å². The Hall–Kier alpha value is -3.20. The van der Waals surface area contributed by atoms with Crippen molar-refractivity contribution < 1.29 is 57.3 Å². The van der Waals surface area contributed by atoms with Gasteiger partial charge in [0.05, 0.1) is 49.7 Å². The number of ether oxygens (including phenoxy) is 6. The van der Waals surface area contributed by atoms with Crippen molar-refractivity contribution in [2.24, 2.45) is 10.8 Å². The predicted molar refractivity (Wildman–Crippen MR) is 154 cm³/mol. The van der Waals surface area contributed by atoms with E-state index in [2.05, 4.69) is 13.8 Å². The number of carbonyl (C=O) groups excluding carboxylic acids is 4. The Morgan fingerprint density at radius 2 is 1.04 bits per heavy atom. The molecule has 4 fully saturated rings. The Morgan fingerprint density at radius 3 is 1.39 bits per heavy atom. The van der Waals surface area contributed by atoms with Gasteiger partial charge in [0, 0.05) is 22.0 Å². The highest BCUT2D eigenvalue weighted by Crippen LogP contribution is 2.61. The molecule has 0 aromatic heterocycles. The van der Waals surface area contributed by atoms with Crippen LogP contribution in [-0.4, -0.2) is 108 Å².